The summed E-state index contributed by atoms with van der Waals surface area (Å²) < 4.78 is 0. The molecule has 0 bridgehead atoms. The minimum absolute atomic E-state index is 0.178. The molecule has 0 saturated heterocycles. The lowest BCUT2D eigenvalue weighted by Gasteiger charge is -1.84. The number of hydrogen-bond acceptors (Lipinski definition) is 2. The summed E-state index contributed by atoms with van der Waals surface area (Å²) in [5.41, 5.74) is 0.241. The quantitative estimate of drug-likeness (QED) is 0.228. The van der Waals surface area contributed by atoms with Gasteiger partial charge < -0.3 is 0 Å². The maximum atomic E-state index is 10.3. The molecule has 0 N–H and O–H groups in total. The first kappa shape index (κ1) is 7.08. The van der Waals surface area contributed by atoms with Gasteiger partial charge in [0.2, 0.25) is 0 Å². The maximum Gasteiger partial charge on any atom is 0.162 e. The summed E-state index contributed by atoms with van der Waals surface area (Å²) >= 11 is 0. The van der Waals surface area contributed by atoms with Crippen LogP contribution >= 0.6 is 0 Å². The number of rotatable bonds is 2. The fourth-order valence-corrected chi connectivity index (χ4v) is 0.354. The van der Waals surface area contributed by atoms with Crippen molar-refractivity contribution in [2.24, 2.45) is 0 Å². The lowest BCUT2D eigenvalue weighted by molar-refractivity contribution is -0.115. The number of aldehydes is 1. The van der Waals surface area contributed by atoms with Gasteiger partial charge in [0, 0.05) is 0 Å². The van der Waals surface area contributed by atoms with Gasteiger partial charge in [-0.05, 0) is 13.8 Å². The van der Waals surface area contributed by atoms with Gasteiger partial charge in [0.25, 0.3) is 0 Å². The molecule has 0 heterocycles. The van der Waals surface area contributed by atoms with Crippen molar-refractivity contribution in [3.63, 3.8) is 0 Å². The van der Waals surface area contributed by atoms with Crippen molar-refractivity contribution in [1.82, 2.24) is 0 Å². The molecule has 0 atom stereocenters. The van der Waals surface area contributed by atoms with E-state index in [1.54, 1.807) is 6.92 Å². The fraction of sp³-hybridized carbons (Fsp3) is 0.333. The van der Waals surface area contributed by atoms with E-state index >= 15 is 0 Å². The summed E-state index contributed by atoms with van der Waals surface area (Å²) in [4.78, 5) is 20.2. The molecule has 0 saturated carbocycles. The van der Waals surface area contributed by atoms with Crippen LogP contribution in [-0.2, 0) is 9.59 Å². The third-order valence-corrected chi connectivity index (χ3v) is 0.844. The van der Waals surface area contributed by atoms with E-state index in [2.05, 4.69) is 0 Å². The smallest absolute Gasteiger partial charge is 0.162 e. The standard InChI is InChI=1S/C6H8O2/c1-3-6(4-7)5(2)8/h3-4H,1-2H3. The van der Waals surface area contributed by atoms with Crippen LogP contribution in [0.15, 0.2) is 11.6 Å². The summed E-state index contributed by atoms with van der Waals surface area (Å²) in [6.45, 7) is 3.02. The molecule has 0 aromatic heterocycles. The Morgan fingerprint density at radius 2 is 2.00 bits per heavy atom. The molecule has 8 heavy (non-hydrogen) atoms. The first-order chi connectivity index (χ1) is 3.72. The van der Waals surface area contributed by atoms with Crippen LogP contribution in [0.1, 0.15) is 13.8 Å². The van der Waals surface area contributed by atoms with Gasteiger partial charge in [-0.1, -0.05) is 6.08 Å². The molecule has 0 amide bonds. The van der Waals surface area contributed by atoms with Crippen LogP contribution < -0.4 is 0 Å². The lowest BCUT2D eigenvalue weighted by atomic mass is 10.2. The second-order valence-electron chi connectivity index (χ2n) is 1.42. The Bertz CT molecular complexity index is 133. The zero-order chi connectivity index (χ0) is 6.57. The Hall–Kier alpha value is -0.920. The highest BCUT2D eigenvalue weighted by atomic mass is 16.1. The first-order valence-corrected chi connectivity index (χ1v) is 2.34. The van der Waals surface area contributed by atoms with Crippen LogP contribution in [0.5, 0.6) is 0 Å². The van der Waals surface area contributed by atoms with Crippen molar-refractivity contribution in [3.05, 3.63) is 11.6 Å². The van der Waals surface area contributed by atoms with E-state index in [1.165, 1.54) is 13.0 Å². The normalized spacial score (nSPS) is 11.0. The Balaban J connectivity index is 4.13. The number of Topliss-reactive ketones (excluding diaryl/α,β-unsaturated/α-hetero) is 1. The number of ketones is 1. The molecule has 0 aromatic rings. The van der Waals surface area contributed by atoms with Crippen LogP contribution in [0, 0.1) is 0 Å². The van der Waals surface area contributed by atoms with Crippen LogP contribution in [0.25, 0.3) is 0 Å². The van der Waals surface area contributed by atoms with E-state index in [0.29, 0.717) is 6.29 Å². The molecule has 0 radical (unpaired) electrons. The second-order valence-corrected chi connectivity index (χ2v) is 1.42. The summed E-state index contributed by atoms with van der Waals surface area (Å²) in [6.07, 6.45) is 2.05. The maximum absolute atomic E-state index is 10.3. The zero-order valence-electron chi connectivity index (χ0n) is 4.97. The topological polar surface area (TPSA) is 34.1 Å². The Kier molecular flexibility index (Phi) is 2.77. The average molecular weight is 112 g/mol. The summed E-state index contributed by atoms with van der Waals surface area (Å²) in [7, 11) is 0. The van der Waals surface area contributed by atoms with E-state index in [0.717, 1.165) is 0 Å². The van der Waals surface area contributed by atoms with E-state index in [1.807, 2.05) is 0 Å². The van der Waals surface area contributed by atoms with Crippen LogP contribution in [0.3, 0.4) is 0 Å². The third kappa shape index (κ3) is 1.69. The van der Waals surface area contributed by atoms with Gasteiger partial charge in [0.05, 0.1) is 5.57 Å². The molecule has 0 aromatic carbocycles. The molecular weight excluding hydrogens is 104 g/mol. The van der Waals surface area contributed by atoms with Gasteiger partial charge in [-0.2, -0.15) is 0 Å². The molecule has 0 rings (SSSR count). The third-order valence-electron chi connectivity index (χ3n) is 0.844. The van der Waals surface area contributed by atoms with Crippen molar-refractivity contribution < 1.29 is 9.59 Å². The van der Waals surface area contributed by atoms with E-state index in [4.69, 9.17) is 0 Å². The van der Waals surface area contributed by atoms with E-state index in [9.17, 15) is 9.59 Å². The highest BCUT2D eigenvalue weighted by Crippen LogP contribution is 1.88. The Morgan fingerprint density at radius 3 is 2.00 bits per heavy atom. The molecule has 44 valence electrons. The SMILES string of the molecule is CC=C(C=O)C(C)=O. The number of carbonyl (C=O) groups is 2. The van der Waals surface area contributed by atoms with Gasteiger partial charge >= 0.3 is 0 Å². The molecule has 0 fully saturated rings. The first-order valence-electron chi connectivity index (χ1n) is 2.34. The van der Waals surface area contributed by atoms with Gasteiger partial charge in [0.15, 0.2) is 12.1 Å². The molecule has 2 heteroatoms. The van der Waals surface area contributed by atoms with Gasteiger partial charge in [0.1, 0.15) is 0 Å². The molecular formula is C6H8O2. The lowest BCUT2D eigenvalue weighted by Crippen LogP contribution is -1.95. The average Bonchev–Trinajstić information content (AvgIpc) is 1.69. The second kappa shape index (κ2) is 3.13. The van der Waals surface area contributed by atoms with Crippen molar-refractivity contribution in [1.29, 1.82) is 0 Å². The largest absolute Gasteiger partial charge is 0.298 e. The molecule has 2 nitrogen and oxygen atoms in total. The van der Waals surface area contributed by atoms with E-state index < -0.39 is 0 Å². The van der Waals surface area contributed by atoms with Crippen LogP contribution in [0.4, 0.5) is 0 Å². The van der Waals surface area contributed by atoms with E-state index in [-0.39, 0.29) is 11.4 Å². The molecule has 0 aliphatic heterocycles. The Labute approximate surface area is 48.2 Å². The summed E-state index contributed by atoms with van der Waals surface area (Å²) in [5.74, 6) is -0.178. The Morgan fingerprint density at radius 1 is 1.50 bits per heavy atom. The molecule has 0 aliphatic carbocycles. The highest BCUT2D eigenvalue weighted by molar-refractivity contribution is 6.10. The van der Waals surface area contributed by atoms with Gasteiger partial charge in [-0.3, -0.25) is 9.59 Å². The van der Waals surface area contributed by atoms with Gasteiger partial charge in [-0.15, -0.1) is 0 Å². The minimum Gasteiger partial charge on any atom is -0.298 e. The molecule has 0 unspecified atom stereocenters. The van der Waals surface area contributed by atoms with Crippen molar-refractivity contribution >= 4 is 12.1 Å². The van der Waals surface area contributed by atoms with Crippen LogP contribution in [0.2, 0.25) is 0 Å². The number of allylic oxidation sites excluding steroid dienone is 2. The zero-order valence-corrected chi connectivity index (χ0v) is 4.97. The van der Waals surface area contributed by atoms with Crippen molar-refractivity contribution in [2.75, 3.05) is 0 Å². The predicted molar refractivity (Wildman–Crippen MR) is 30.5 cm³/mol. The monoisotopic (exact) mass is 112 g/mol. The summed E-state index contributed by atoms with van der Waals surface area (Å²) in [6, 6.07) is 0. The molecule has 0 aliphatic rings. The number of carbonyl (C=O) groups excluding carboxylic acids is 2. The summed E-state index contributed by atoms with van der Waals surface area (Å²) in [5, 5.41) is 0. The molecule has 0 spiro atoms. The fourth-order valence-electron chi connectivity index (χ4n) is 0.354. The number of hydrogen-bond donors (Lipinski definition) is 0. The van der Waals surface area contributed by atoms with Crippen LogP contribution in [-0.4, -0.2) is 12.1 Å². The minimum atomic E-state index is -0.178. The van der Waals surface area contributed by atoms with Crippen molar-refractivity contribution in [3.8, 4) is 0 Å². The van der Waals surface area contributed by atoms with Gasteiger partial charge in [-0.25, -0.2) is 0 Å². The highest BCUT2D eigenvalue weighted by Gasteiger charge is 1.96. The predicted octanol–water partition coefficient (Wildman–Crippen LogP) is 0.721. The van der Waals surface area contributed by atoms with Crippen molar-refractivity contribution in [2.45, 2.75) is 13.8 Å².